The number of carbonyl (C=O) groups excluding carboxylic acids is 1. The summed E-state index contributed by atoms with van der Waals surface area (Å²) in [5, 5.41) is 6.71. The molecule has 7 nitrogen and oxygen atoms in total. The number of rotatable bonds is 8. The van der Waals surface area contributed by atoms with Gasteiger partial charge in [0, 0.05) is 23.3 Å². The van der Waals surface area contributed by atoms with Crippen molar-refractivity contribution in [2.45, 2.75) is 20.0 Å². The largest absolute Gasteiger partial charge is 0.397 e. The zero-order chi connectivity index (χ0) is 20.8. The molecule has 0 bridgehead atoms. The topological polar surface area (TPSA) is 103 Å². The number of hydrogen-bond acceptors (Lipinski definition) is 6. The van der Waals surface area contributed by atoms with Crippen molar-refractivity contribution in [2.24, 2.45) is 11.6 Å². The third-order valence-corrected chi connectivity index (χ3v) is 4.56. The summed E-state index contributed by atoms with van der Waals surface area (Å²) in [5.41, 5.74) is 11.0. The molecule has 2 heterocycles. The molecule has 0 unspecified atom stereocenters. The number of nitrogens with zero attached hydrogens (tertiary/aromatic N) is 4. The highest BCUT2D eigenvalue weighted by atomic mass is 16.1. The Bertz CT molecular complexity index is 1100. The summed E-state index contributed by atoms with van der Waals surface area (Å²) in [6, 6.07) is 9.93. The van der Waals surface area contributed by atoms with Gasteiger partial charge in [-0.25, -0.2) is 5.84 Å². The highest BCUT2D eigenvalue weighted by molar-refractivity contribution is 5.78. The second kappa shape index (κ2) is 8.99. The predicted molar refractivity (Wildman–Crippen MR) is 115 cm³/mol. The molecule has 0 saturated heterocycles. The fourth-order valence-electron chi connectivity index (χ4n) is 2.83. The van der Waals surface area contributed by atoms with E-state index in [4.69, 9.17) is 11.6 Å². The molecule has 0 atom stereocenters. The third kappa shape index (κ3) is 4.97. The molecule has 4 N–H and O–H groups in total. The minimum Gasteiger partial charge on any atom is -0.397 e. The highest BCUT2D eigenvalue weighted by Crippen LogP contribution is 2.17. The van der Waals surface area contributed by atoms with Gasteiger partial charge in [0.05, 0.1) is 36.2 Å². The van der Waals surface area contributed by atoms with Crippen LogP contribution in [0.15, 0.2) is 79.0 Å². The van der Waals surface area contributed by atoms with Crippen LogP contribution in [0, 0.1) is 0 Å². The van der Waals surface area contributed by atoms with E-state index in [-0.39, 0.29) is 6.54 Å². The van der Waals surface area contributed by atoms with E-state index in [1.54, 1.807) is 23.2 Å². The lowest BCUT2D eigenvalue weighted by Crippen LogP contribution is -2.31. The Morgan fingerprint density at radius 3 is 2.93 bits per heavy atom. The Labute approximate surface area is 169 Å². The SMILES string of the molecule is C=C(/C(N)=C\C=C(/C)c1cnn(CC=O)c1)N(N)Cc1ccc2ncccc2c1. The summed E-state index contributed by atoms with van der Waals surface area (Å²) in [5.74, 6) is 6.18. The average molecular weight is 388 g/mol. The minimum absolute atomic E-state index is 0.231. The van der Waals surface area contributed by atoms with Crippen LogP contribution in [0.25, 0.3) is 16.5 Å². The highest BCUT2D eigenvalue weighted by Gasteiger charge is 2.08. The van der Waals surface area contributed by atoms with Gasteiger partial charge in [0.15, 0.2) is 0 Å². The lowest BCUT2D eigenvalue weighted by molar-refractivity contribution is -0.108. The van der Waals surface area contributed by atoms with Gasteiger partial charge in [0.25, 0.3) is 0 Å². The van der Waals surface area contributed by atoms with Crippen LogP contribution >= 0.6 is 0 Å². The number of aldehydes is 1. The van der Waals surface area contributed by atoms with E-state index in [1.165, 1.54) is 5.01 Å². The van der Waals surface area contributed by atoms with E-state index in [9.17, 15) is 4.79 Å². The van der Waals surface area contributed by atoms with Gasteiger partial charge in [0.2, 0.25) is 0 Å². The second-order valence-electron chi connectivity index (χ2n) is 6.69. The smallest absolute Gasteiger partial charge is 0.141 e. The van der Waals surface area contributed by atoms with Gasteiger partial charge < -0.3 is 15.5 Å². The first kappa shape index (κ1) is 20.0. The number of hydrazine groups is 1. The molecule has 7 heteroatoms. The number of allylic oxidation sites excluding steroid dienone is 3. The first-order valence-corrected chi connectivity index (χ1v) is 9.13. The summed E-state index contributed by atoms with van der Waals surface area (Å²) in [7, 11) is 0. The van der Waals surface area contributed by atoms with Crippen molar-refractivity contribution in [2.75, 3.05) is 0 Å². The van der Waals surface area contributed by atoms with Gasteiger partial charge in [-0.2, -0.15) is 5.10 Å². The fraction of sp³-hybridized carbons (Fsp3) is 0.136. The molecule has 0 fully saturated rings. The van der Waals surface area contributed by atoms with E-state index in [2.05, 4.69) is 22.7 Å². The van der Waals surface area contributed by atoms with Crippen molar-refractivity contribution in [3.63, 3.8) is 0 Å². The van der Waals surface area contributed by atoms with Gasteiger partial charge in [-0.1, -0.05) is 24.8 Å². The van der Waals surface area contributed by atoms with Gasteiger partial charge >= 0.3 is 0 Å². The average Bonchev–Trinajstić information content (AvgIpc) is 3.20. The standard InChI is InChI=1S/C22H24N6O/c1-16(20-13-26-27(15-20)10-11-29)5-7-21(23)17(2)28(24)14-18-6-8-22-19(12-18)4-3-9-25-22/h3-9,11-13,15H,2,10,14,23-24H2,1H3/b16-5+,21-7+. The molecule has 0 spiro atoms. The molecular weight excluding hydrogens is 364 g/mol. The van der Waals surface area contributed by atoms with Crippen molar-refractivity contribution in [3.8, 4) is 0 Å². The molecule has 3 aromatic rings. The van der Waals surface area contributed by atoms with E-state index in [1.807, 2.05) is 43.5 Å². The molecule has 0 aliphatic heterocycles. The molecule has 1 aromatic carbocycles. The monoisotopic (exact) mass is 388 g/mol. The summed E-state index contributed by atoms with van der Waals surface area (Å²) in [6.07, 6.45) is 9.73. The predicted octanol–water partition coefficient (Wildman–Crippen LogP) is 2.77. The number of carbonyl (C=O) groups is 1. The minimum atomic E-state index is 0.231. The lowest BCUT2D eigenvalue weighted by atomic mass is 10.1. The second-order valence-corrected chi connectivity index (χ2v) is 6.69. The van der Waals surface area contributed by atoms with Gasteiger partial charge in [-0.3, -0.25) is 9.67 Å². The number of nitrogens with two attached hydrogens (primary N) is 2. The Hall–Kier alpha value is -3.71. The van der Waals surface area contributed by atoms with Crippen molar-refractivity contribution < 1.29 is 4.79 Å². The first-order chi connectivity index (χ1) is 14.0. The molecule has 0 amide bonds. The zero-order valence-electron chi connectivity index (χ0n) is 16.3. The van der Waals surface area contributed by atoms with Crippen molar-refractivity contribution in [3.05, 3.63) is 90.2 Å². The van der Waals surface area contributed by atoms with Crippen LogP contribution in [0.3, 0.4) is 0 Å². The fourth-order valence-corrected chi connectivity index (χ4v) is 2.83. The maximum atomic E-state index is 10.6. The Morgan fingerprint density at radius 2 is 2.14 bits per heavy atom. The quantitative estimate of drug-likeness (QED) is 0.266. The number of hydrogen-bond donors (Lipinski definition) is 2. The summed E-state index contributed by atoms with van der Waals surface area (Å²) in [4.78, 5) is 14.9. The molecule has 2 aromatic heterocycles. The zero-order valence-corrected chi connectivity index (χ0v) is 16.3. The lowest BCUT2D eigenvalue weighted by Gasteiger charge is -2.21. The number of benzene rings is 1. The van der Waals surface area contributed by atoms with Crippen LogP contribution in [-0.2, 0) is 17.9 Å². The van der Waals surface area contributed by atoms with Crippen LogP contribution in [0.5, 0.6) is 0 Å². The first-order valence-electron chi connectivity index (χ1n) is 9.13. The van der Waals surface area contributed by atoms with Crippen LogP contribution in [-0.4, -0.2) is 26.1 Å². The van der Waals surface area contributed by atoms with E-state index >= 15 is 0 Å². The summed E-state index contributed by atoms with van der Waals surface area (Å²) < 4.78 is 1.58. The molecule has 0 radical (unpaired) electrons. The van der Waals surface area contributed by atoms with Crippen molar-refractivity contribution in [1.82, 2.24) is 19.8 Å². The maximum absolute atomic E-state index is 10.6. The molecule has 29 heavy (non-hydrogen) atoms. The van der Waals surface area contributed by atoms with Crippen LogP contribution < -0.4 is 11.6 Å². The van der Waals surface area contributed by atoms with Gasteiger partial charge in [-0.05, 0) is 42.3 Å². The van der Waals surface area contributed by atoms with Crippen molar-refractivity contribution in [1.29, 1.82) is 0 Å². The van der Waals surface area contributed by atoms with Crippen LogP contribution in [0.2, 0.25) is 0 Å². The van der Waals surface area contributed by atoms with Gasteiger partial charge in [0.1, 0.15) is 6.29 Å². The number of fused-ring (bicyclic) bond motifs is 1. The molecule has 148 valence electrons. The van der Waals surface area contributed by atoms with Crippen LogP contribution in [0.1, 0.15) is 18.1 Å². The number of pyridine rings is 1. The normalized spacial score (nSPS) is 12.2. The summed E-state index contributed by atoms with van der Waals surface area (Å²) in [6.45, 7) is 6.65. The molecule has 0 aliphatic carbocycles. The van der Waals surface area contributed by atoms with E-state index in [0.29, 0.717) is 17.9 Å². The molecule has 0 saturated carbocycles. The van der Waals surface area contributed by atoms with E-state index in [0.717, 1.165) is 33.9 Å². The van der Waals surface area contributed by atoms with Crippen molar-refractivity contribution >= 4 is 22.8 Å². The maximum Gasteiger partial charge on any atom is 0.141 e. The summed E-state index contributed by atoms with van der Waals surface area (Å²) >= 11 is 0. The number of aromatic nitrogens is 3. The molecule has 0 aliphatic rings. The van der Waals surface area contributed by atoms with Crippen LogP contribution in [0.4, 0.5) is 0 Å². The molecular formula is C22H24N6O. The van der Waals surface area contributed by atoms with E-state index < -0.39 is 0 Å². The molecule has 3 rings (SSSR count). The Balaban J connectivity index is 1.67. The third-order valence-electron chi connectivity index (χ3n) is 4.56. The Morgan fingerprint density at radius 1 is 1.31 bits per heavy atom. The Kier molecular flexibility index (Phi) is 6.21. The van der Waals surface area contributed by atoms with Gasteiger partial charge in [-0.15, -0.1) is 0 Å².